The van der Waals surface area contributed by atoms with Gasteiger partial charge in [0.25, 0.3) is 5.91 Å². The Balaban J connectivity index is 1.64. The average molecular weight is 351 g/mol. The maximum Gasteiger partial charge on any atom is 0.317 e. The largest absolute Gasteiger partial charge is 0.481 e. The van der Waals surface area contributed by atoms with Crippen molar-refractivity contribution in [1.29, 1.82) is 0 Å². The quantitative estimate of drug-likeness (QED) is 0.676. The molecule has 3 N–H and O–H groups in total. The van der Waals surface area contributed by atoms with Gasteiger partial charge < -0.3 is 20.6 Å². The van der Waals surface area contributed by atoms with Gasteiger partial charge in [0.15, 0.2) is 0 Å². The molecule has 1 aliphatic rings. The number of amides is 3. The molecule has 1 aromatic carbocycles. The van der Waals surface area contributed by atoms with Crippen molar-refractivity contribution in [2.75, 3.05) is 26.2 Å². The van der Waals surface area contributed by atoms with Gasteiger partial charge >= 0.3 is 12.0 Å². The fourth-order valence-electron chi connectivity index (χ4n) is 2.66. The van der Waals surface area contributed by atoms with Crippen molar-refractivity contribution in [3.8, 4) is 0 Å². The number of carboxylic acids is 1. The van der Waals surface area contributed by atoms with E-state index in [9.17, 15) is 18.8 Å². The number of rotatable bonds is 6. The number of carbonyl (C=O) groups is 3. The molecule has 1 unspecified atom stereocenters. The van der Waals surface area contributed by atoms with Crippen LogP contribution in [0.4, 0.5) is 9.18 Å². The summed E-state index contributed by atoms with van der Waals surface area (Å²) in [6.07, 6.45) is 1.81. The Bertz CT molecular complexity index is 621. The van der Waals surface area contributed by atoms with Crippen LogP contribution in [0.5, 0.6) is 0 Å². The summed E-state index contributed by atoms with van der Waals surface area (Å²) in [6.45, 7) is 1.52. The smallest absolute Gasteiger partial charge is 0.317 e. The third-order valence-electron chi connectivity index (χ3n) is 4.08. The molecule has 3 amide bonds. The van der Waals surface area contributed by atoms with Gasteiger partial charge in [-0.15, -0.1) is 0 Å². The van der Waals surface area contributed by atoms with E-state index in [0.717, 1.165) is 0 Å². The number of benzene rings is 1. The standard InChI is InChI=1S/C17H22FN3O4/c18-14-6-4-12(5-7-14)15(22)19-8-2-9-20-17(25)21-10-1-3-13(11-21)16(23)24/h4-7,13H,1-3,8-11H2,(H,19,22)(H,20,25)(H,23,24). The van der Waals surface area contributed by atoms with Crippen molar-refractivity contribution in [2.45, 2.75) is 19.3 Å². The van der Waals surface area contributed by atoms with E-state index in [2.05, 4.69) is 10.6 Å². The van der Waals surface area contributed by atoms with E-state index in [0.29, 0.717) is 44.5 Å². The number of likely N-dealkylation sites (tertiary alicyclic amines) is 1. The van der Waals surface area contributed by atoms with Crippen LogP contribution < -0.4 is 10.6 Å². The van der Waals surface area contributed by atoms with E-state index < -0.39 is 17.7 Å². The minimum absolute atomic E-state index is 0.225. The molecule has 1 fully saturated rings. The van der Waals surface area contributed by atoms with Crippen LogP contribution in [0.2, 0.25) is 0 Å². The lowest BCUT2D eigenvalue weighted by Gasteiger charge is -2.30. The highest BCUT2D eigenvalue weighted by molar-refractivity contribution is 5.94. The zero-order chi connectivity index (χ0) is 18.2. The monoisotopic (exact) mass is 351 g/mol. The number of hydrogen-bond acceptors (Lipinski definition) is 3. The Labute approximate surface area is 145 Å². The Morgan fingerprint density at radius 3 is 2.52 bits per heavy atom. The summed E-state index contributed by atoms with van der Waals surface area (Å²) in [7, 11) is 0. The van der Waals surface area contributed by atoms with Crippen LogP contribution in [0.15, 0.2) is 24.3 Å². The highest BCUT2D eigenvalue weighted by Gasteiger charge is 2.27. The molecule has 1 aliphatic heterocycles. The number of nitrogens with one attached hydrogen (secondary N) is 2. The van der Waals surface area contributed by atoms with Gasteiger partial charge in [-0.1, -0.05) is 0 Å². The van der Waals surface area contributed by atoms with Gasteiger partial charge in [0.05, 0.1) is 5.92 Å². The molecule has 25 heavy (non-hydrogen) atoms. The molecule has 0 radical (unpaired) electrons. The Morgan fingerprint density at radius 2 is 1.84 bits per heavy atom. The lowest BCUT2D eigenvalue weighted by molar-refractivity contribution is -0.143. The molecule has 1 atom stereocenters. The lowest BCUT2D eigenvalue weighted by atomic mass is 9.99. The highest BCUT2D eigenvalue weighted by atomic mass is 19.1. The lowest BCUT2D eigenvalue weighted by Crippen LogP contribution is -2.47. The number of hydrogen-bond donors (Lipinski definition) is 3. The second-order valence-electron chi connectivity index (χ2n) is 5.97. The number of carbonyl (C=O) groups excluding carboxylic acids is 2. The first-order valence-electron chi connectivity index (χ1n) is 8.26. The Kier molecular flexibility index (Phi) is 6.73. The second kappa shape index (κ2) is 9.00. The van der Waals surface area contributed by atoms with E-state index in [1.807, 2.05) is 0 Å². The Hall–Kier alpha value is -2.64. The van der Waals surface area contributed by atoms with Crippen molar-refractivity contribution in [1.82, 2.24) is 15.5 Å². The van der Waals surface area contributed by atoms with Crippen molar-refractivity contribution >= 4 is 17.9 Å². The number of halogens is 1. The van der Waals surface area contributed by atoms with Gasteiger partial charge in [0.1, 0.15) is 5.82 Å². The van der Waals surface area contributed by atoms with Gasteiger partial charge in [0.2, 0.25) is 0 Å². The van der Waals surface area contributed by atoms with Crippen LogP contribution in [0.25, 0.3) is 0 Å². The first kappa shape index (κ1) is 18.7. The molecule has 1 heterocycles. The number of nitrogens with zero attached hydrogens (tertiary/aromatic N) is 1. The van der Waals surface area contributed by atoms with Gasteiger partial charge in [-0.05, 0) is 43.5 Å². The van der Waals surface area contributed by atoms with Crippen molar-refractivity contribution in [3.63, 3.8) is 0 Å². The predicted molar refractivity (Wildman–Crippen MR) is 88.7 cm³/mol. The summed E-state index contributed by atoms with van der Waals surface area (Å²) in [5.74, 6) is -2.08. The van der Waals surface area contributed by atoms with Crippen LogP contribution >= 0.6 is 0 Å². The minimum atomic E-state index is -0.874. The normalized spacial score (nSPS) is 17.0. The van der Waals surface area contributed by atoms with E-state index in [-0.39, 0.29) is 18.5 Å². The van der Waals surface area contributed by atoms with Crippen molar-refractivity contribution < 1.29 is 23.9 Å². The fraction of sp³-hybridized carbons (Fsp3) is 0.471. The van der Waals surface area contributed by atoms with Gasteiger partial charge in [0, 0.05) is 31.7 Å². The summed E-state index contributed by atoms with van der Waals surface area (Å²) in [4.78, 5) is 36.3. The van der Waals surface area contributed by atoms with Crippen LogP contribution in [-0.4, -0.2) is 54.1 Å². The average Bonchev–Trinajstić information content (AvgIpc) is 2.61. The van der Waals surface area contributed by atoms with Crippen molar-refractivity contribution in [3.05, 3.63) is 35.6 Å². The van der Waals surface area contributed by atoms with E-state index in [4.69, 9.17) is 5.11 Å². The summed E-state index contributed by atoms with van der Waals surface area (Å²) >= 11 is 0. The van der Waals surface area contributed by atoms with Gasteiger partial charge in [-0.25, -0.2) is 9.18 Å². The predicted octanol–water partition coefficient (Wildman–Crippen LogP) is 1.45. The highest BCUT2D eigenvalue weighted by Crippen LogP contribution is 2.16. The number of piperidine rings is 1. The van der Waals surface area contributed by atoms with Crippen LogP contribution in [0.1, 0.15) is 29.6 Å². The van der Waals surface area contributed by atoms with E-state index in [1.54, 1.807) is 0 Å². The molecular formula is C17H22FN3O4. The second-order valence-corrected chi connectivity index (χ2v) is 5.97. The number of urea groups is 1. The zero-order valence-corrected chi connectivity index (χ0v) is 13.8. The summed E-state index contributed by atoms with van der Waals surface area (Å²) in [5, 5.41) is 14.4. The summed E-state index contributed by atoms with van der Waals surface area (Å²) < 4.78 is 12.8. The maximum atomic E-state index is 12.8. The minimum Gasteiger partial charge on any atom is -0.481 e. The fourth-order valence-corrected chi connectivity index (χ4v) is 2.66. The number of aliphatic carboxylic acids is 1. The SMILES string of the molecule is O=C(NCCCNC(=O)N1CCCC(C(=O)O)C1)c1ccc(F)cc1. The molecule has 1 aromatic rings. The van der Waals surface area contributed by atoms with Crippen molar-refractivity contribution in [2.24, 2.45) is 5.92 Å². The first-order chi connectivity index (χ1) is 12.0. The molecule has 0 aliphatic carbocycles. The van der Waals surface area contributed by atoms with Gasteiger partial charge in [-0.3, -0.25) is 9.59 Å². The molecule has 7 nitrogen and oxygen atoms in total. The van der Waals surface area contributed by atoms with Crippen LogP contribution in [0.3, 0.4) is 0 Å². The maximum absolute atomic E-state index is 12.8. The first-order valence-corrected chi connectivity index (χ1v) is 8.26. The molecule has 136 valence electrons. The molecule has 2 rings (SSSR count). The molecule has 0 bridgehead atoms. The molecular weight excluding hydrogens is 329 g/mol. The van der Waals surface area contributed by atoms with Gasteiger partial charge in [-0.2, -0.15) is 0 Å². The number of carboxylic acid groups (broad SMARTS) is 1. The molecule has 8 heteroatoms. The molecule has 1 saturated heterocycles. The zero-order valence-electron chi connectivity index (χ0n) is 13.8. The molecule has 0 saturated carbocycles. The van der Waals surface area contributed by atoms with Crippen LogP contribution in [-0.2, 0) is 4.79 Å². The topological polar surface area (TPSA) is 98.7 Å². The molecule has 0 aromatic heterocycles. The van der Waals surface area contributed by atoms with Crippen LogP contribution in [0, 0.1) is 11.7 Å². The third-order valence-corrected chi connectivity index (χ3v) is 4.08. The molecule has 0 spiro atoms. The summed E-state index contributed by atoms with van der Waals surface area (Å²) in [5.41, 5.74) is 0.374. The van der Waals surface area contributed by atoms with E-state index in [1.165, 1.54) is 29.2 Å². The van der Waals surface area contributed by atoms with E-state index >= 15 is 0 Å². The Morgan fingerprint density at radius 1 is 1.16 bits per heavy atom. The summed E-state index contributed by atoms with van der Waals surface area (Å²) in [6, 6.07) is 4.97. The third kappa shape index (κ3) is 5.74.